The number of carbonyl (C=O) groups excluding carboxylic acids is 1. The van der Waals surface area contributed by atoms with E-state index in [-0.39, 0.29) is 18.2 Å². The molecule has 1 fully saturated rings. The summed E-state index contributed by atoms with van der Waals surface area (Å²) >= 11 is 6.15. The van der Waals surface area contributed by atoms with Crippen molar-refractivity contribution >= 4 is 28.8 Å². The highest BCUT2D eigenvalue weighted by atomic mass is 35.5. The molecule has 0 spiro atoms. The molecule has 1 aliphatic heterocycles. The van der Waals surface area contributed by atoms with Crippen LogP contribution in [0, 0.1) is 11.3 Å². The zero-order valence-electron chi connectivity index (χ0n) is 21.8. The summed E-state index contributed by atoms with van der Waals surface area (Å²) in [6.07, 6.45) is 7.22. The largest absolute Gasteiger partial charge is 0.489 e. The van der Waals surface area contributed by atoms with E-state index in [1.54, 1.807) is 49.1 Å². The van der Waals surface area contributed by atoms with E-state index in [9.17, 15) is 15.2 Å². The standard InChI is InChI=1S/C28H28ClN7O3/c1-27(2,38)17-39-20-11-21(25-19(12-30)14-33-36(25)15-20)18-6-7-23(32-13-18)35-10-8-28(3,16-35)34-26(37)24-22(29)5-4-9-31-24/h4-7,9,11,13-15,38H,8,10,16-17H2,1-3H3,(H,34,37). The summed E-state index contributed by atoms with van der Waals surface area (Å²) in [4.78, 5) is 23.7. The molecule has 1 unspecified atom stereocenters. The van der Waals surface area contributed by atoms with Gasteiger partial charge in [-0.25, -0.2) is 14.5 Å². The molecule has 5 heterocycles. The van der Waals surface area contributed by atoms with Crippen LogP contribution in [0.3, 0.4) is 0 Å². The van der Waals surface area contributed by atoms with Gasteiger partial charge in [-0.2, -0.15) is 10.4 Å². The number of anilines is 1. The van der Waals surface area contributed by atoms with E-state index in [4.69, 9.17) is 21.3 Å². The van der Waals surface area contributed by atoms with E-state index in [0.29, 0.717) is 34.9 Å². The predicted molar refractivity (Wildman–Crippen MR) is 147 cm³/mol. The Labute approximate surface area is 230 Å². The maximum atomic E-state index is 12.8. The van der Waals surface area contributed by atoms with E-state index in [0.717, 1.165) is 23.4 Å². The Morgan fingerprint density at radius 3 is 2.82 bits per heavy atom. The van der Waals surface area contributed by atoms with Crippen molar-refractivity contribution in [1.29, 1.82) is 5.26 Å². The molecule has 39 heavy (non-hydrogen) atoms. The van der Waals surface area contributed by atoms with Crippen LogP contribution in [0.15, 0.2) is 55.1 Å². The minimum absolute atomic E-state index is 0.0956. The van der Waals surface area contributed by atoms with Crippen molar-refractivity contribution < 1.29 is 14.6 Å². The third-order valence-corrected chi connectivity index (χ3v) is 6.85. The Morgan fingerprint density at radius 1 is 1.31 bits per heavy atom. The van der Waals surface area contributed by atoms with Crippen LogP contribution in [0.1, 0.15) is 43.2 Å². The second-order valence-electron chi connectivity index (χ2n) is 10.6. The van der Waals surface area contributed by atoms with Crippen LogP contribution in [-0.4, -0.2) is 61.4 Å². The second kappa shape index (κ2) is 10.2. The van der Waals surface area contributed by atoms with Crippen LogP contribution >= 0.6 is 11.6 Å². The van der Waals surface area contributed by atoms with E-state index in [1.165, 1.54) is 6.20 Å². The number of nitrogens with one attached hydrogen (secondary N) is 1. The SMILES string of the molecule is CC(C)(O)COc1cc(-c2ccc(N3CCC(C)(NC(=O)c4ncccc4Cl)C3)nc2)c2c(C#N)cnn2c1. The Kier molecular flexibility index (Phi) is 6.89. The molecule has 5 rings (SSSR count). The third-order valence-electron chi connectivity index (χ3n) is 6.54. The third kappa shape index (κ3) is 5.65. The number of fused-ring (bicyclic) bond motifs is 1. The average molecular weight is 546 g/mol. The number of pyridine rings is 3. The van der Waals surface area contributed by atoms with Gasteiger partial charge < -0.3 is 20.1 Å². The Bertz CT molecular complexity index is 1570. The molecule has 1 aliphatic rings. The van der Waals surface area contributed by atoms with Gasteiger partial charge in [0.15, 0.2) is 0 Å². The minimum Gasteiger partial charge on any atom is -0.489 e. The quantitative estimate of drug-likeness (QED) is 0.358. The molecule has 1 saturated heterocycles. The fraction of sp³-hybridized carbons (Fsp3) is 0.321. The number of rotatable bonds is 7. The molecule has 0 bridgehead atoms. The van der Waals surface area contributed by atoms with Gasteiger partial charge in [0.1, 0.15) is 29.9 Å². The Hall–Kier alpha value is -4.20. The summed E-state index contributed by atoms with van der Waals surface area (Å²) < 4.78 is 7.41. The molecular formula is C28H28ClN7O3. The lowest BCUT2D eigenvalue weighted by Gasteiger charge is -2.26. The number of carbonyl (C=O) groups is 1. The number of nitriles is 1. The zero-order chi connectivity index (χ0) is 27.8. The van der Waals surface area contributed by atoms with Gasteiger partial charge in [-0.05, 0) is 57.5 Å². The van der Waals surface area contributed by atoms with E-state index >= 15 is 0 Å². The summed E-state index contributed by atoms with van der Waals surface area (Å²) in [7, 11) is 0. The maximum Gasteiger partial charge on any atom is 0.271 e. The molecule has 4 aromatic rings. The van der Waals surface area contributed by atoms with Crippen LogP contribution in [-0.2, 0) is 0 Å². The fourth-order valence-corrected chi connectivity index (χ4v) is 4.82. The number of hydrogen-bond donors (Lipinski definition) is 2. The lowest BCUT2D eigenvalue weighted by molar-refractivity contribution is 0.0283. The van der Waals surface area contributed by atoms with Gasteiger partial charge in [-0.15, -0.1) is 0 Å². The van der Waals surface area contributed by atoms with Gasteiger partial charge in [-0.3, -0.25) is 4.79 Å². The van der Waals surface area contributed by atoms with Gasteiger partial charge in [0.05, 0.1) is 39.6 Å². The number of hydrogen-bond acceptors (Lipinski definition) is 8. The first-order chi connectivity index (χ1) is 18.5. The molecule has 2 N–H and O–H groups in total. The topological polar surface area (TPSA) is 129 Å². The molecule has 11 heteroatoms. The van der Waals surface area contributed by atoms with Gasteiger partial charge in [0.25, 0.3) is 5.91 Å². The van der Waals surface area contributed by atoms with E-state index in [2.05, 4.69) is 26.4 Å². The lowest BCUT2D eigenvalue weighted by Crippen LogP contribution is -2.48. The van der Waals surface area contributed by atoms with Crippen LogP contribution in [0.25, 0.3) is 16.6 Å². The molecule has 4 aromatic heterocycles. The monoisotopic (exact) mass is 545 g/mol. The van der Waals surface area contributed by atoms with Crippen LogP contribution in [0.5, 0.6) is 5.75 Å². The van der Waals surface area contributed by atoms with Crippen LogP contribution in [0.2, 0.25) is 5.02 Å². The number of ether oxygens (including phenoxy) is 1. The van der Waals surface area contributed by atoms with Crippen molar-refractivity contribution in [1.82, 2.24) is 24.9 Å². The summed E-state index contributed by atoms with van der Waals surface area (Å²) in [5, 5.41) is 27.4. The predicted octanol–water partition coefficient (Wildman–Crippen LogP) is 3.86. The van der Waals surface area contributed by atoms with Crippen molar-refractivity contribution in [2.24, 2.45) is 0 Å². The first kappa shape index (κ1) is 26.4. The van der Waals surface area contributed by atoms with Gasteiger partial charge >= 0.3 is 0 Å². The number of nitrogens with zero attached hydrogens (tertiary/aromatic N) is 6. The summed E-state index contributed by atoms with van der Waals surface area (Å²) in [5.41, 5.74) is 1.33. The molecule has 1 atom stereocenters. The van der Waals surface area contributed by atoms with Crippen molar-refractivity contribution in [3.63, 3.8) is 0 Å². The van der Waals surface area contributed by atoms with E-state index < -0.39 is 11.1 Å². The summed E-state index contributed by atoms with van der Waals surface area (Å²) in [6.45, 7) is 6.71. The number of aromatic nitrogens is 4. The maximum absolute atomic E-state index is 12.8. The molecule has 0 saturated carbocycles. The first-order valence-corrected chi connectivity index (χ1v) is 12.8. The second-order valence-corrected chi connectivity index (χ2v) is 11.0. The fourth-order valence-electron chi connectivity index (χ4n) is 4.61. The molecule has 0 radical (unpaired) electrons. The van der Waals surface area contributed by atoms with E-state index in [1.807, 2.05) is 25.1 Å². The summed E-state index contributed by atoms with van der Waals surface area (Å²) in [6, 6.07) is 11.2. The summed E-state index contributed by atoms with van der Waals surface area (Å²) in [5.74, 6) is 0.973. The van der Waals surface area contributed by atoms with Crippen molar-refractivity contribution in [3.05, 3.63) is 71.4 Å². The van der Waals surface area contributed by atoms with Gasteiger partial charge in [0.2, 0.25) is 0 Å². The highest BCUT2D eigenvalue weighted by molar-refractivity contribution is 6.33. The lowest BCUT2D eigenvalue weighted by atomic mass is 10.0. The zero-order valence-corrected chi connectivity index (χ0v) is 22.6. The van der Waals surface area contributed by atoms with Crippen molar-refractivity contribution in [2.45, 2.75) is 38.3 Å². The normalized spacial score (nSPS) is 17.3. The highest BCUT2D eigenvalue weighted by Crippen LogP contribution is 2.33. The Balaban J connectivity index is 1.37. The van der Waals surface area contributed by atoms with Crippen LogP contribution < -0.4 is 15.0 Å². The smallest absolute Gasteiger partial charge is 0.271 e. The molecule has 0 aromatic carbocycles. The van der Waals surface area contributed by atoms with Crippen molar-refractivity contribution in [3.8, 4) is 22.9 Å². The average Bonchev–Trinajstić information content (AvgIpc) is 3.50. The molecule has 10 nitrogen and oxygen atoms in total. The molecule has 200 valence electrons. The minimum atomic E-state index is -1.01. The molecule has 0 aliphatic carbocycles. The van der Waals surface area contributed by atoms with Crippen molar-refractivity contribution in [2.75, 3.05) is 24.6 Å². The molecular weight excluding hydrogens is 518 g/mol. The number of aliphatic hydroxyl groups is 1. The number of amides is 1. The number of halogens is 1. The Morgan fingerprint density at radius 2 is 2.13 bits per heavy atom. The van der Waals surface area contributed by atoms with Gasteiger partial charge in [0, 0.05) is 36.6 Å². The molecule has 1 amide bonds. The van der Waals surface area contributed by atoms with Crippen LogP contribution in [0.4, 0.5) is 5.82 Å². The first-order valence-electron chi connectivity index (χ1n) is 12.5. The highest BCUT2D eigenvalue weighted by Gasteiger charge is 2.36. The van der Waals surface area contributed by atoms with Gasteiger partial charge in [-0.1, -0.05) is 11.6 Å².